The predicted molar refractivity (Wildman–Crippen MR) is 78.8 cm³/mol. The minimum atomic E-state index is -4.65. The lowest BCUT2D eigenvalue weighted by molar-refractivity contribution is -0.137. The topological polar surface area (TPSA) is 49.4 Å². The van der Waals surface area contributed by atoms with E-state index in [2.05, 4.69) is 5.32 Å². The Hall–Kier alpha value is -2.12. The zero-order valence-electron chi connectivity index (χ0n) is 13.1. The van der Waals surface area contributed by atoms with E-state index in [1.54, 1.807) is 11.8 Å². The van der Waals surface area contributed by atoms with Gasteiger partial charge in [0.2, 0.25) is 5.91 Å². The lowest BCUT2D eigenvalue weighted by Crippen LogP contribution is -2.37. The molecular formula is C16H18F4N2O2. The highest BCUT2D eigenvalue weighted by Crippen LogP contribution is 2.30. The average molecular weight is 346 g/mol. The number of benzene rings is 1. The van der Waals surface area contributed by atoms with Crippen molar-refractivity contribution in [2.75, 3.05) is 13.1 Å². The molecule has 132 valence electrons. The second-order valence-corrected chi connectivity index (χ2v) is 5.84. The van der Waals surface area contributed by atoms with Crippen LogP contribution in [0.15, 0.2) is 18.2 Å². The molecule has 0 spiro atoms. The van der Waals surface area contributed by atoms with Crippen LogP contribution in [0, 0.1) is 5.82 Å². The van der Waals surface area contributed by atoms with Crippen molar-refractivity contribution in [1.82, 2.24) is 10.2 Å². The molecule has 1 aliphatic heterocycles. The molecule has 1 N–H and O–H groups in total. The van der Waals surface area contributed by atoms with Gasteiger partial charge in [0, 0.05) is 25.6 Å². The smallest absolute Gasteiger partial charge is 0.349 e. The highest BCUT2D eigenvalue weighted by molar-refractivity contribution is 5.94. The molecular weight excluding hydrogens is 328 g/mol. The number of amides is 2. The summed E-state index contributed by atoms with van der Waals surface area (Å²) in [5.74, 6) is -1.86. The van der Waals surface area contributed by atoms with E-state index >= 15 is 0 Å². The summed E-state index contributed by atoms with van der Waals surface area (Å²) in [6.07, 6.45) is -2.90. The van der Waals surface area contributed by atoms with Crippen molar-refractivity contribution in [1.29, 1.82) is 0 Å². The highest BCUT2D eigenvalue weighted by atomic mass is 19.4. The Kier molecular flexibility index (Phi) is 5.46. The van der Waals surface area contributed by atoms with Gasteiger partial charge in [-0.15, -0.1) is 0 Å². The molecule has 24 heavy (non-hydrogen) atoms. The van der Waals surface area contributed by atoms with Crippen LogP contribution in [0.4, 0.5) is 17.6 Å². The maximum absolute atomic E-state index is 13.7. The molecule has 4 nitrogen and oxygen atoms in total. The molecule has 1 aromatic carbocycles. The van der Waals surface area contributed by atoms with E-state index in [1.807, 2.05) is 0 Å². The standard InChI is InChI=1S/C16H18F4N2O2/c1-10(6-8-22-7-2-3-14(22)23)21-15(24)12-9-11(16(18,19)20)4-5-13(12)17/h4-5,9-10H,2-3,6-8H2,1H3,(H,21,24). The third-order valence-corrected chi connectivity index (χ3v) is 3.92. The van der Waals surface area contributed by atoms with E-state index in [1.165, 1.54) is 0 Å². The molecule has 0 radical (unpaired) electrons. The van der Waals surface area contributed by atoms with Crippen LogP contribution >= 0.6 is 0 Å². The molecule has 1 aromatic rings. The van der Waals surface area contributed by atoms with Gasteiger partial charge in [0.1, 0.15) is 5.82 Å². The Morgan fingerprint density at radius 2 is 2.08 bits per heavy atom. The summed E-state index contributed by atoms with van der Waals surface area (Å²) in [5, 5.41) is 2.47. The molecule has 1 aliphatic rings. The summed E-state index contributed by atoms with van der Waals surface area (Å²) < 4.78 is 51.7. The van der Waals surface area contributed by atoms with Gasteiger partial charge >= 0.3 is 6.18 Å². The Morgan fingerprint density at radius 3 is 2.67 bits per heavy atom. The lowest BCUT2D eigenvalue weighted by Gasteiger charge is -2.20. The largest absolute Gasteiger partial charge is 0.416 e. The van der Waals surface area contributed by atoms with E-state index in [0.717, 1.165) is 6.42 Å². The van der Waals surface area contributed by atoms with Gasteiger partial charge in [-0.25, -0.2) is 4.39 Å². The fourth-order valence-electron chi connectivity index (χ4n) is 2.54. The van der Waals surface area contributed by atoms with Crippen molar-refractivity contribution >= 4 is 11.8 Å². The van der Waals surface area contributed by atoms with E-state index in [4.69, 9.17) is 0 Å². The van der Waals surface area contributed by atoms with Gasteiger partial charge in [-0.2, -0.15) is 13.2 Å². The van der Waals surface area contributed by atoms with E-state index in [-0.39, 0.29) is 5.91 Å². The summed E-state index contributed by atoms with van der Waals surface area (Å²) in [4.78, 5) is 25.2. The number of nitrogens with zero attached hydrogens (tertiary/aromatic N) is 1. The Balaban J connectivity index is 1.97. The zero-order chi connectivity index (χ0) is 17.9. The van der Waals surface area contributed by atoms with Crippen molar-refractivity contribution in [3.05, 3.63) is 35.1 Å². The Morgan fingerprint density at radius 1 is 1.38 bits per heavy atom. The third kappa shape index (κ3) is 4.46. The number of likely N-dealkylation sites (tertiary alicyclic amines) is 1. The molecule has 0 bridgehead atoms. The van der Waals surface area contributed by atoms with Crippen molar-refractivity contribution in [3.63, 3.8) is 0 Å². The van der Waals surface area contributed by atoms with Crippen LogP contribution in [0.3, 0.4) is 0 Å². The van der Waals surface area contributed by atoms with Gasteiger partial charge in [0.25, 0.3) is 5.91 Å². The maximum Gasteiger partial charge on any atom is 0.416 e. The summed E-state index contributed by atoms with van der Waals surface area (Å²) in [5.41, 5.74) is -1.72. The number of hydrogen-bond donors (Lipinski definition) is 1. The first-order valence-electron chi connectivity index (χ1n) is 7.64. The number of alkyl halides is 3. The number of hydrogen-bond acceptors (Lipinski definition) is 2. The van der Waals surface area contributed by atoms with Crippen molar-refractivity contribution in [3.8, 4) is 0 Å². The van der Waals surface area contributed by atoms with E-state index in [0.29, 0.717) is 44.1 Å². The minimum Gasteiger partial charge on any atom is -0.349 e. The summed E-state index contributed by atoms with van der Waals surface area (Å²) in [7, 11) is 0. The van der Waals surface area contributed by atoms with Crippen molar-refractivity contribution < 1.29 is 27.2 Å². The van der Waals surface area contributed by atoms with E-state index in [9.17, 15) is 27.2 Å². The number of rotatable bonds is 5. The fourth-order valence-corrected chi connectivity index (χ4v) is 2.54. The minimum absolute atomic E-state index is 0.0532. The number of carbonyl (C=O) groups excluding carboxylic acids is 2. The Bertz CT molecular complexity index is 631. The van der Waals surface area contributed by atoms with Crippen LogP contribution in [-0.2, 0) is 11.0 Å². The molecule has 1 unspecified atom stereocenters. The average Bonchev–Trinajstić information content (AvgIpc) is 2.89. The van der Waals surface area contributed by atoms with Gasteiger partial charge in [-0.1, -0.05) is 0 Å². The quantitative estimate of drug-likeness (QED) is 0.834. The monoisotopic (exact) mass is 346 g/mol. The molecule has 1 heterocycles. The lowest BCUT2D eigenvalue weighted by atomic mass is 10.1. The number of halogens is 4. The predicted octanol–water partition coefficient (Wildman–Crippen LogP) is 2.98. The van der Waals surface area contributed by atoms with Crippen LogP contribution in [0.1, 0.15) is 42.1 Å². The van der Waals surface area contributed by atoms with Gasteiger partial charge in [-0.3, -0.25) is 9.59 Å². The van der Waals surface area contributed by atoms with Gasteiger partial charge in [-0.05, 0) is 38.0 Å². The van der Waals surface area contributed by atoms with Gasteiger partial charge in [0.05, 0.1) is 11.1 Å². The SMILES string of the molecule is CC(CCN1CCCC1=O)NC(=O)c1cc(C(F)(F)F)ccc1F. The molecule has 0 aliphatic carbocycles. The molecule has 2 amide bonds. The third-order valence-electron chi connectivity index (χ3n) is 3.92. The number of carbonyl (C=O) groups is 2. The summed E-state index contributed by atoms with van der Waals surface area (Å²) in [6.45, 7) is 2.77. The fraction of sp³-hybridized carbons (Fsp3) is 0.500. The van der Waals surface area contributed by atoms with E-state index < -0.39 is 35.1 Å². The van der Waals surface area contributed by atoms with Gasteiger partial charge in [0.15, 0.2) is 0 Å². The molecule has 1 atom stereocenters. The van der Waals surface area contributed by atoms with Crippen LogP contribution < -0.4 is 5.32 Å². The first-order valence-corrected chi connectivity index (χ1v) is 7.64. The molecule has 0 aromatic heterocycles. The first kappa shape index (κ1) is 18.2. The molecule has 8 heteroatoms. The van der Waals surface area contributed by atoms with Crippen LogP contribution in [0.25, 0.3) is 0 Å². The van der Waals surface area contributed by atoms with Crippen LogP contribution in [-0.4, -0.2) is 35.8 Å². The molecule has 1 fully saturated rings. The first-order chi connectivity index (χ1) is 11.2. The normalized spacial score (nSPS) is 16.4. The highest BCUT2D eigenvalue weighted by Gasteiger charge is 2.32. The summed E-state index contributed by atoms with van der Waals surface area (Å²) in [6, 6.07) is 1.32. The van der Waals surface area contributed by atoms with Crippen molar-refractivity contribution in [2.45, 2.75) is 38.4 Å². The second-order valence-electron chi connectivity index (χ2n) is 5.84. The molecule has 1 saturated heterocycles. The summed E-state index contributed by atoms with van der Waals surface area (Å²) >= 11 is 0. The van der Waals surface area contributed by atoms with Crippen LogP contribution in [0.2, 0.25) is 0 Å². The Labute approximate surface area is 136 Å². The number of nitrogens with one attached hydrogen (secondary N) is 1. The van der Waals surface area contributed by atoms with Crippen molar-refractivity contribution in [2.24, 2.45) is 0 Å². The molecule has 2 rings (SSSR count). The zero-order valence-corrected chi connectivity index (χ0v) is 13.1. The maximum atomic E-state index is 13.7. The van der Waals surface area contributed by atoms with Gasteiger partial charge < -0.3 is 10.2 Å². The van der Waals surface area contributed by atoms with Crippen LogP contribution in [0.5, 0.6) is 0 Å². The molecule has 0 saturated carbocycles. The second kappa shape index (κ2) is 7.19.